The fraction of sp³-hybridized carbons (Fsp3) is 0.929. The third-order valence-electron chi connectivity index (χ3n) is 2.59. The van der Waals surface area contributed by atoms with Gasteiger partial charge in [-0.3, -0.25) is 4.79 Å². The van der Waals surface area contributed by atoms with E-state index in [1.807, 2.05) is 0 Å². The zero-order valence-electron chi connectivity index (χ0n) is 12.4. The first kappa shape index (κ1) is 17.4. The highest BCUT2D eigenvalue weighted by atomic mass is 16.5. The molecule has 0 aliphatic rings. The second-order valence-electron chi connectivity index (χ2n) is 5.50. The van der Waals surface area contributed by atoms with Crippen LogP contribution < -0.4 is 10.6 Å². The maximum atomic E-state index is 11.4. The molecule has 0 rings (SSSR count). The average Bonchev–Trinajstić information content (AvgIpc) is 2.26. The van der Waals surface area contributed by atoms with Crippen molar-refractivity contribution in [3.63, 3.8) is 0 Å². The first-order valence-corrected chi connectivity index (χ1v) is 7.07. The van der Waals surface area contributed by atoms with Crippen LogP contribution in [0, 0.1) is 11.8 Å². The van der Waals surface area contributed by atoms with Crippen molar-refractivity contribution in [2.24, 2.45) is 11.8 Å². The van der Waals surface area contributed by atoms with Crippen molar-refractivity contribution in [3.8, 4) is 0 Å². The van der Waals surface area contributed by atoms with Crippen LogP contribution in [0.3, 0.4) is 0 Å². The summed E-state index contributed by atoms with van der Waals surface area (Å²) in [7, 11) is 0. The maximum absolute atomic E-state index is 11.4. The Balaban J connectivity index is 3.20. The van der Waals surface area contributed by atoms with Crippen LogP contribution in [-0.4, -0.2) is 38.8 Å². The lowest BCUT2D eigenvalue weighted by atomic mass is 10.1. The summed E-state index contributed by atoms with van der Waals surface area (Å²) >= 11 is 0. The highest BCUT2D eigenvalue weighted by Crippen LogP contribution is 1.98. The largest absolute Gasteiger partial charge is 0.380 e. The molecule has 0 spiro atoms. The van der Waals surface area contributed by atoms with E-state index in [9.17, 15) is 4.79 Å². The molecule has 0 heterocycles. The van der Waals surface area contributed by atoms with Crippen LogP contribution in [0.2, 0.25) is 0 Å². The molecule has 0 atom stereocenters. The zero-order valence-corrected chi connectivity index (χ0v) is 12.4. The van der Waals surface area contributed by atoms with Gasteiger partial charge in [0.25, 0.3) is 0 Å². The van der Waals surface area contributed by atoms with Crippen LogP contribution in [0.1, 0.15) is 40.5 Å². The molecule has 4 nitrogen and oxygen atoms in total. The maximum Gasteiger partial charge on any atom is 0.233 e. The molecule has 0 saturated carbocycles. The summed E-state index contributed by atoms with van der Waals surface area (Å²) in [5.74, 6) is 1.38. The number of amides is 1. The molecule has 108 valence electrons. The molecule has 1 amide bonds. The van der Waals surface area contributed by atoms with E-state index in [2.05, 4.69) is 38.3 Å². The van der Waals surface area contributed by atoms with Gasteiger partial charge in [-0.05, 0) is 24.7 Å². The van der Waals surface area contributed by atoms with Gasteiger partial charge >= 0.3 is 0 Å². The van der Waals surface area contributed by atoms with Crippen LogP contribution in [0.25, 0.3) is 0 Å². The molecule has 2 N–H and O–H groups in total. The van der Waals surface area contributed by atoms with Crippen LogP contribution >= 0.6 is 0 Å². The Morgan fingerprint density at radius 3 is 2.28 bits per heavy atom. The van der Waals surface area contributed by atoms with Gasteiger partial charge in [0, 0.05) is 19.7 Å². The van der Waals surface area contributed by atoms with Crippen LogP contribution in [-0.2, 0) is 9.53 Å². The van der Waals surface area contributed by atoms with Crippen LogP contribution in [0.15, 0.2) is 0 Å². The van der Waals surface area contributed by atoms with Crippen molar-refractivity contribution in [1.29, 1.82) is 0 Å². The molecule has 0 aromatic heterocycles. The smallest absolute Gasteiger partial charge is 0.233 e. The van der Waals surface area contributed by atoms with Crippen molar-refractivity contribution in [2.45, 2.75) is 40.5 Å². The lowest BCUT2D eigenvalue weighted by molar-refractivity contribution is -0.120. The summed E-state index contributed by atoms with van der Waals surface area (Å²) < 4.78 is 5.44. The SMILES string of the molecule is CC(C)CCNC(=O)CNCCOCCC(C)C. The molecule has 0 aliphatic heterocycles. The van der Waals surface area contributed by atoms with Gasteiger partial charge in [0.1, 0.15) is 0 Å². The second kappa shape index (κ2) is 11.5. The highest BCUT2D eigenvalue weighted by molar-refractivity contribution is 5.77. The predicted octanol–water partition coefficient (Wildman–Crippen LogP) is 1.80. The minimum absolute atomic E-state index is 0.0674. The summed E-state index contributed by atoms with van der Waals surface area (Å²) in [5.41, 5.74) is 0. The van der Waals surface area contributed by atoms with E-state index in [0.717, 1.165) is 32.5 Å². The van der Waals surface area contributed by atoms with Crippen LogP contribution in [0.4, 0.5) is 0 Å². The van der Waals surface area contributed by atoms with E-state index < -0.39 is 0 Å². The van der Waals surface area contributed by atoms with Crippen molar-refractivity contribution in [2.75, 3.05) is 32.8 Å². The van der Waals surface area contributed by atoms with Gasteiger partial charge in [-0.15, -0.1) is 0 Å². The standard InChI is InChI=1S/C14H30N2O2/c1-12(2)5-7-16-14(17)11-15-8-10-18-9-6-13(3)4/h12-13,15H,5-11H2,1-4H3,(H,16,17). The topological polar surface area (TPSA) is 50.4 Å². The van der Waals surface area contributed by atoms with Gasteiger partial charge in [0.15, 0.2) is 0 Å². The molecule has 0 unspecified atom stereocenters. The van der Waals surface area contributed by atoms with Crippen molar-refractivity contribution < 1.29 is 9.53 Å². The summed E-state index contributed by atoms with van der Waals surface area (Å²) in [6.45, 7) is 12.0. The van der Waals surface area contributed by atoms with Gasteiger partial charge < -0.3 is 15.4 Å². The zero-order chi connectivity index (χ0) is 13.8. The van der Waals surface area contributed by atoms with Crippen molar-refractivity contribution in [3.05, 3.63) is 0 Å². The summed E-state index contributed by atoms with van der Waals surface area (Å²) in [5, 5.41) is 5.96. The molecule has 18 heavy (non-hydrogen) atoms. The van der Waals surface area contributed by atoms with Crippen LogP contribution in [0.5, 0.6) is 0 Å². The summed E-state index contributed by atoms with van der Waals surface area (Å²) in [6.07, 6.45) is 2.12. The minimum atomic E-state index is 0.0674. The number of ether oxygens (including phenoxy) is 1. The quantitative estimate of drug-likeness (QED) is 0.556. The van der Waals surface area contributed by atoms with E-state index in [1.165, 1.54) is 0 Å². The number of carbonyl (C=O) groups is 1. The number of rotatable bonds is 11. The summed E-state index contributed by atoms with van der Waals surface area (Å²) in [4.78, 5) is 11.4. The Morgan fingerprint density at radius 1 is 1.00 bits per heavy atom. The van der Waals surface area contributed by atoms with Gasteiger partial charge in [-0.2, -0.15) is 0 Å². The number of nitrogens with one attached hydrogen (secondary N) is 2. The van der Waals surface area contributed by atoms with Crippen molar-refractivity contribution >= 4 is 5.91 Å². The van der Waals surface area contributed by atoms with E-state index in [4.69, 9.17) is 4.74 Å². The molecule has 0 aromatic carbocycles. The van der Waals surface area contributed by atoms with Crippen molar-refractivity contribution in [1.82, 2.24) is 10.6 Å². The Kier molecular flexibility index (Phi) is 11.1. The third-order valence-corrected chi connectivity index (χ3v) is 2.59. The predicted molar refractivity (Wildman–Crippen MR) is 75.6 cm³/mol. The fourth-order valence-electron chi connectivity index (χ4n) is 1.33. The molecule has 0 aliphatic carbocycles. The molecule has 0 radical (unpaired) electrons. The molecule has 0 saturated heterocycles. The Labute approximate surface area is 112 Å². The number of hydrogen-bond acceptors (Lipinski definition) is 3. The van der Waals surface area contributed by atoms with Gasteiger partial charge in [0.05, 0.1) is 13.2 Å². The normalized spacial score (nSPS) is 11.2. The molecule has 0 fully saturated rings. The molecule has 0 aromatic rings. The molecular weight excluding hydrogens is 228 g/mol. The first-order valence-electron chi connectivity index (χ1n) is 7.07. The van der Waals surface area contributed by atoms with Gasteiger partial charge in [-0.25, -0.2) is 0 Å². The average molecular weight is 258 g/mol. The minimum Gasteiger partial charge on any atom is -0.380 e. The monoisotopic (exact) mass is 258 g/mol. The Morgan fingerprint density at radius 2 is 1.67 bits per heavy atom. The fourth-order valence-corrected chi connectivity index (χ4v) is 1.33. The lowest BCUT2D eigenvalue weighted by Gasteiger charge is -2.09. The van der Waals surface area contributed by atoms with E-state index >= 15 is 0 Å². The second-order valence-corrected chi connectivity index (χ2v) is 5.50. The van der Waals surface area contributed by atoms with E-state index in [0.29, 0.717) is 25.0 Å². The Bertz CT molecular complexity index is 206. The molecule has 4 heteroatoms. The van der Waals surface area contributed by atoms with Gasteiger partial charge in [-0.1, -0.05) is 27.7 Å². The summed E-state index contributed by atoms with van der Waals surface area (Å²) in [6, 6.07) is 0. The molecule has 0 bridgehead atoms. The first-order chi connectivity index (χ1) is 8.52. The third kappa shape index (κ3) is 13.5. The Hall–Kier alpha value is -0.610. The van der Waals surface area contributed by atoms with E-state index in [-0.39, 0.29) is 5.91 Å². The number of carbonyl (C=O) groups excluding carboxylic acids is 1. The highest BCUT2D eigenvalue weighted by Gasteiger charge is 2.00. The lowest BCUT2D eigenvalue weighted by Crippen LogP contribution is -2.36. The van der Waals surface area contributed by atoms with E-state index in [1.54, 1.807) is 0 Å². The molecular formula is C14H30N2O2. The number of hydrogen-bond donors (Lipinski definition) is 2. The van der Waals surface area contributed by atoms with Gasteiger partial charge in [0.2, 0.25) is 5.91 Å².